The van der Waals surface area contributed by atoms with Gasteiger partial charge in [0.05, 0.1) is 5.56 Å². The molecule has 1 saturated carbocycles. The number of aromatic nitrogens is 1. The molecular weight excluding hydrogens is 321 g/mol. The van der Waals surface area contributed by atoms with Crippen LogP contribution in [0.25, 0.3) is 0 Å². The summed E-state index contributed by atoms with van der Waals surface area (Å²) in [5.41, 5.74) is -0.0104. The number of aromatic amines is 1. The molecule has 24 heavy (non-hydrogen) atoms. The molecule has 2 N–H and O–H groups in total. The lowest BCUT2D eigenvalue weighted by Gasteiger charge is -2.09. The van der Waals surface area contributed by atoms with Gasteiger partial charge >= 0.3 is 6.18 Å². The molecule has 2 aromatic rings. The maximum Gasteiger partial charge on any atom is 0.416 e. The normalized spacial score (nSPS) is 19.8. The van der Waals surface area contributed by atoms with E-state index in [1.165, 1.54) is 12.1 Å². The number of hydrogen-bond donors (Lipinski definition) is 2. The van der Waals surface area contributed by atoms with E-state index in [1.54, 1.807) is 19.1 Å². The standard InChI is InChI=1S/C17H15F3N2O2/c1-9-5-6-12(15(23)21-9)16(24)22-14-8-13(14)10-3-2-4-11(7-10)17(18,19)20/h2-7,13-14H,8H2,1H3,(H,21,23)(H,22,24)/t13-,14-/m0/s1. The lowest BCUT2D eigenvalue weighted by atomic mass is 10.1. The molecule has 7 heteroatoms. The monoisotopic (exact) mass is 336 g/mol. The van der Waals surface area contributed by atoms with Gasteiger partial charge in [-0.15, -0.1) is 0 Å². The topological polar surface area (TPSA) is 62.0 Å². The van der Waals surface area contributed by atoms with Crippen LogP contribution in [0.15, 0.2) is 41.2 Å². The molecule has 1 aromatic carbocycles. The van der Waals surface area contributed by atoms with E-state index in [0.717, 1.165) is 12.1 Å². The van der Waals surface area contributed by atoms with Crippen LogP contribution in [-0.2, 0) is 6.18 Å². The zero-order valence-corrected chi connectivity index (χ0v) is 12.8. The van der Waals surface area contributed by atoms with Crippen LogP contribution in [0, 0.1) is 6.92 Å². The van der Waals surface area contributed by atoms with Crippen molar-refractivity contribution in [1.29, 1.82) is 0 Å². The molecule has 0 spiro atoms. The van der Waals surface area contributed by atoms with Gasteiger partial charge in [-0.1, -0.05) is 18.2 Å². The molecular formula is C17H15F3N2O2. The third-order valence-electron chi connectivity index (χ3n) is 4.05. The van der Waals surface area contributed by atoms with Crippen molar-refractivity contribution < 1.29 is 18.0 Å². The van der Waals surface area contributed by atoms with Crippen molar-refractivity contribution in [2.75, 3.05) is 0 Å². The van der Waals surface area contributed by atoms with E-state index in [0.29, 0.717) is 17.7 Å². The van der Waals surface area contributed by atoms with Gasteiger partial charge in [-0.2, -0.15) is 13.2 Å². The second-order valence-corrected chi connectivity index (χ2v) is 5.93. The second-order valence-electron chi connectivity index (χ2n) is 5.93. The first kappa shape index (κ1) is 16.3. The van der Waals surface area contributed by atoms with E-state index in [-0.39, 0.29) is 17.5 Å². The number of aryl methyl sites for hydroxylation is 1. The minimum atomic E-state index is -4.39. The van der Waals surface area contributed by atoms with Crippen LogP contribution in [0.5, 0.6) is 0 Å². The number of H-pyrrole nitrogens is 1. The number of nitrogens with one attached hydrogen (secondary N) is 2. The molecule has 4 nitrogen and oxygen atoms in total. The van der Waals surface area contributed by atoms with E-state index < -0.39 is 23.2 Å². The summed E-state index contributed by atoms with van der Waals surface area (Å²) in [4.78, 5) is 26.4. The molecule has 0 unspecified atom stereocenters. The van der Waals surface area contributed by atoms with Crippen molar-refractivity contribution in [3.05, 3.63) is 69.1 Å². The molecule has 3 rings (SSSR count). The van der Waals surface area contributed by atoms with Crippen LogP contribution < -0.4 is 10.9 Å². The molecule has 126 valence electrons. The maximum absolute atomic E-state index is 12.7. The number of halogens is 3. The van der Waals surface area contributed by atoms with Crippen LogP contribution in [0.3, 0.4) is 0 Å². The van der Waals surface area contributed by atoms with Crippen molar-refractivity contribution in [3.8, 4) is 0 Å². The predicted molar refractivity (Wildman–Crippen MR) is 81.9 cm³/mol. The van der Waals surface area contributed by atoms with Crippen LogP contribution in [0.4, 0.5) is 13.2 Å². The van der Waals surface area contributed by atoms with Gasteiger partial charge in [0.2, 0.25) is 0 Å². The Hall–Kier alpha value is -2.57. The first-order valence-electron chi connectivity index (χ1n) is 7.43. The number of benzene rings is 1. The lowest BCUT2D eigenvalue weighted by Crippen LogP contribution is -2.31. The third-order valence-corrected chi connectivity index (χ3v) is 4.05. The summed E-state index contributed by atoms with van der Waals surface area (Å²) in [7, 11) is 0. The zero-order chi connectivity index (χ0) is 17.5. The molecule has 1 aromatic heterocycles. The van der Waals surface area contributed by atoms with E-state index >= 15 is 0 Å². The van der Waals surface area contributed by atoms with Crippen LogP contribution in [-0.4, -0.2) is 16.9 Å². The van der Waals surface area contributed by atoms with Crippen LogP contribution in [0.1, 0.15) is 39.5 Å². The number of amides is 1. The van der Waals surface area contributed by atoms with Crippen molar-refractivity contribution in [3.63, 3.8) is 0 Å². The van der Waals surface area contributed by atoms with Crippen LogP contribution in [0.2, 0.25) is 0 Å². The maximum atomic E-state index is 12.7. The van der Waals surface area contributed by atoms with Crippen molar-refractivity contribution >= 4 is 5.91 Å². The molecule has 0 aliphatic heterocycles. The average Bonchev–Trinajstić information content (AvgIpc) is 3.25. The second kappa shape index (κ2) is 5.81. The smallest absolute Gasteiger partial charge is 0.348 e. The summed E-state index contributed by atoms with van der Waals surface area (Å²) in [6, 6.07) is 7.89. The average molecular weight is 336 g/mol. The highest BCUT2D eigenvalue weighted by Crippen LogP contribution is 2.42. The number of hydrogen-bond acceptors (Lipinski definition) is 2. The Bertz CT molecular complexity index is 842. The van der Waals surface area contributed by atoms with E-state index in [1.807, 2.05) is 0 Å². The van der Waals surface area contributed by atoms with Crippen molar-refractivity contribution in [2.45, 2.75) is 31.5 Å². The van der Waals surface area contributed by atoms with Crippen LogP contribution >= 0.6 is 0 Å². The summed E-state index contributed by atoms with van der Waals surface area (Å²) in [5.74, 6) is -0.684. The lowest BCUT2D eigenvalue weighted by molar-refractivity contribution is -0.137. The Morgan fingerprint density at radius 1 is 1.25 bits per heavy atom. The molecule has 0 saturated heterocycles. The SMILES string of the molecule is Cc1ccc(C(=O)N[C@H]2C[C@H]2c2cccc(C(F)(F)F)c2)c(=O)[nH]1. The molecule has 0 radical (unpaired) electrons. The fourth-order valence-electron chi connectivity index (χ4n) is 2.67. The summed E-state index contributed by atoms with van der Waals surface area (Å²) >= 11 is 0. The zero-order valence-electron chi connectivity index (χ0n) is 12.8. The Morgan fingerprint density at radius 3 is 2.67 bits per heavy atom. The predicted octanol–water partition coefficient (Wildman–Crippen LogP) is 2.99. The van der Waals surface area contributed by atoms with E-state index in [4.69, 9.17) is 0 Å². The molecule has 1 aliphatic carbocycles. The van der Waals surface area contributed by atoms with Gasteiger partial charge < -0.3 is 10.3 Å². The van der Waals surface area contributed by atoms with E-state index in [2.05, 4.69) is 10.3 Å². The first-order chi connectivity index (χ1) is 11.3. The highest BCUT2D eigenvalue weighted by atomic mass is 19.4. The van der Waals surface area contributed by atoms with Gasteiger partial charge in [0.25, 0.3) is 11.5 Å². The highest BCUT2D eigenvalue weighted by molar-refractivity contribution is 5.94. The Labute approximate surface area is 135 Å². The molecule has 1 aliphatic rings. The van der Waals surface area contributed by atoms with Gasteiger partial charge in [-0.3, -0.25) is 9.59 Å². The van der Waals surface area contributed by atoms with E-state index in [9.17, 15) is 22.8 Å². The Balaban J connectivity index is 1.70. The molecule has 1 heterocycles. The van der Waals surface area contributed by atoms with Gasteiger partial charge in [0, 0.05) is 17.7 Å². The number of carbonyl (C=O) groups excluding carboxylic acids is 1. The Kier molecular flexibility index (Phi) is 3.95. The molecule has 2 atom stereocenters. The first-order valence-corrected chi connectivity index (χ1v) is 7.43. The quantitative estimate of drug-likeness (QED) is 0.905. The summed E-state index contributed by atoms with van der Waals surface area (Å²) in [6.45, 7) is 1.70. The fraction of sp³-hybridized carbons (Fsp3) is 0.294. The summed E-state index contributed by atoms with van der Waals surface area (Å²) in [5, 5.41) is 2.70. The number of pyridine rings is 1. The van der Waals surface area contributed by atoms with Crippen molar-refractivity contribution in [2.24, 2.45) is 0 Å². The van der Waals surface area contributed by atoms with Gasteiger partial charge in [0.1, 0.15) is 5.56 Å². The third kappa shape index (κ3) is 3.34. The summed E-state index contributed by atoms with van der Waals surface area (Å²) in [6.07, 6.45) is -3.84. The minimum Gasteiger partial charge on any atom is -0.348 e. The largest absolute Gasteiger partial charge is 0.416 e. The Morgan fingerprint density at radius 2 is 2.00 bits per heavy atom. The molecule has 0 bridgehead atoms. The van der Waals surface area contributed by atoms with Gasteiger partial charge in [-0.05, 0) is 37.1 Å². The highest BCUT2D eigenvalue weighted by Gasteiger charge is 2.41. The number of rotatable bonds is 3. The van der Waals surface area contributed by atoms with Crippen molar-refractivity contribution in [1.82, 2.24) is 10.3 Å². The summed E-state index contributed by atoms with van der Waals surface area (Å²) < 4.78 is 38.2. The molecule has 1 fully saturated rings. The minimum absolute atomic E-state index is 0.00436. The molecule has 1 amide bonds. The van der Waals surface area contributed by atoms with Gasteiger partial charge in [-0.25, -0.2) is 0 Å². The number of alkyl halides is 3. The fourth-order valence-corrected chi connectivity index (χ4v) is 2.67. The number of carbonyl (C=O) groups is 1. The van der Waals surface area contributed by atoms with Gasteiger partial charge in [0.15, 0.2) is 0 Å².